The highest BCUT2D eigenvalue weighted by atomic mass is 35.5. The summed E-state index contributed by atoms with van der Waals surface area (Å²) >= 11 is 6.40. The molecule has 0 spiro atoms. The van der Waals surface area contributed by atoms with E-state index in [1.165, 1.54) is 6.08 Å². The lowest BCUT2D eigenvalue weighted by atomic mass is 10.0. The Labute approximate surface area is 191 Å². The molecule has 0 atom stereocenters. The van der Waals surface area contributed by atoms with Gasteiger partial charge in [-0.25, -0.2) is 9.69 Å². The van der Waals surface area contributed by atoms with Crippen LogP contribution < -0.4 is 19.7 Å². The van der Waals surface area contributed by atoms with E-state index in [-0.39, 0.29) is 5.57 Å². The maximum absolute atomic E-state index is 13.2. The van der Waals surface area contributed by atoms with Crippen molar-refractivity contribution in [3.05, 3.63) is 57.6 Å². The molecule has 168 valence electrons. The number of urea groups is 1. The molecule has 0 saturated carbocycles. The lowest BCUT2D eigenvalue weighted by Gasteiger charge is -2.27. The third-order valence-electron chi connectivity index (χ3n) is 4.79. The van der Waals surface area contributed by atoms with Crippen LogP contribution in [0.15, 0.2) is 35.9 Å². The van der Waals surface area contributed by atoms with Gasteiger partial charge in [0.15, 0.2) is 11.5 Å². The zero-order chi connectivity index (χ0) is 23.4. The Balaban J connectivity index is 2.03. The summed E-state index contributed by atoms with van der Waals surface area (Å²) in [4.78, 5) is 39.1. The van der Waals surface area contributed by atoms with Gasteiger partial charge in [0.05, 0.1) is 23.9 Å². The van der Waals surface area contributed by atoms with Gasteiger partial charge in [-0.3, -0.25) is 14.9 Å². The van der Waals surface area contributed by atoms with Crippen molar-refractivity contribution in [2.45, 2.75) is 34.1 Å². The molecule has 3 rings (SSSR count). The Morgan fingerprint density at radius 3 is 2.47 bits per heavy atom. The second kappa shape index (κ2) is 9.87. The van der Waals surface area contributed by atoms with E-state index in [0.717, 1.165) is 22.4 Å². The normalized spacial score (nSPS) is 15.2. The zero-order valence-corrected chi connectivity index (χ0v) is 19.2. The summed E-state index contributed by atoms with van der Waals surface area (Å²) in [5.74, 6) is -0.678. The molecule has 8 heteroatoms. The van der Waals surface area contributed by atoms with Crippen LogP contribution in [0.4, 0.5) is 10.5 Å². The van der Waals surface area contributed by atoms with Crippen LogP contribution >= 0.6 is 11.6 Å². The summed E-state index contributed by atoms with van der Waals surface area (Å²) in [5, 5.41) is 2.53. The minimum absolute atomic E-state index is 0.190. The number of barbiturate groups is 1. The van der Waals surface area contributed by atoms with E-state index >= 15 is 0 Å². The third-order valence-corrected chi connectivity index (χ3v) is 5.07. The first-order chi connectivity index (χ1) is 15.3. The van der Waals surface area contributed by atoms with Crippen LogP contribution in [0.1, 0.15) is 37.0 Å². The van der Waals surface area contributed by atoms with Crippen molar-refractivity contribution in [3.8, 4) is 11.5 Å². The highest BCUT2D eigenvalue weighted by molar-refractivity contribution is 6.39. The van der Waals surface area contributed by atoms with Crippen molar-refractivity contribution < 1.29 is 23.9 Å². The Morgan fingerprint density at radius 2 is 1.81 bits per heavy atom. The number of anilines is 1. The smallest absolute Gasteiger partial charge is 0.335 e. The van der Waals surface area contributed by atoms with Crippen molar-refractivity contribution >= 4 is 41.2 Å². The van der Waals surface area contributed by atoms with E-state index in [9.17, 15) is 14.4 Å². The first-order valence-corrected chi connectivity index (χ1v) is 10.7. The standard InChI is InChI=1S/C24H25ClN2O5/c1-5-9-32-21-18(25)12-16(13-20(21)31-6-2)11-17-22(28)26-24(30)27(23(17)29)19-8-7-14(3)10-15(19)4/h7-8,10-13H,5-6,9H2,1-4H3,(H,26,28,30)/b17-11+. The predicted molar refractivity (Wildman–Crippen MR) is 123 cm³/mol. The quantitative estimate of drug-likeness (QED) is 0.477. The van der Waals surface area contributed by atoms with Crippen LogP contribution in [0.3, 0.4) is 0 Å². The van der Waals surface area contributed by atoms with Crippen molar-refractivity contribution in [2.75, 3.05) is 18.1 Å². The van der Waals surface area contributed by atoms with E-state index in [0.29, 0.717) is 41.0 Å². The maximum Gasteiger partial charge on any atom is 0.335 e. The molecular formula is C24H25ClN2O5. The van der Waals surface area contributed by atoms with Crippen LogP contribution in [0, 0.1) is 13.8 Å². The minimum atomic E-state index is -0.791. The van der Waals surface area contributed by atoms with Gasteiger partial charge >= 0.3 is 6.03 Å². The summed E-state index contributed by atoms with van der Waals surface area (Å²) in [5.41, 5.74) is 2.42. The van der Waals surface area contributed by atoms with Gasteiger partial charge in [0, 0.05) is 0 Å². The molecule has 0 aromatic heterocycles. The molecule has 0 radical (unpaired) electrons. The zero-order valence-electron chi connectivity index (χ0n) is 18.5. The number of carbonyl (C=O) groups excluding carboxylic acids is 3. The van der Waals surface area contributed by atoms with E-state index in [1.54, 1.807) is 31.2 Å². The van der Waals surface area contributed by atoms with Gasteiger partial charge in [-0.1, -0.05) is 36.2 Å². The molecule has 7 nitrogen and oxygen atoms in total. The van der Waals surface area contributed by atoms with Gasteiger partial charge < -0.3 is 9.47 Å². The van der Waals surface area contributed by atoms with Gasteiger partial charge in [0.1, 0.15) is 5.57 Å². The molecule has 0 aliphatic carbocycles. The number of carbonyl (C=O) groups is 3. The molecule has 4 amide bonds. The number of hydrogen-bond acceptors (Lipinski definition) is 5. The second-order valence-electron chi connectivity index (χ2n) is 7.36. The Kier molecular flexibility index (Phi) is 7.20. The summed E-state index contributed by atoms with van der Waals surface area (Å²) < 4.78 is 11.3. The molecule has 2 aromatic rings. The van der Waals surface area contributed by atoms with Crippen molar-refractivity contribution in [1.82, 2.24) is 5.32 Å². The number of rotatable bonds is 7. The summed E-state index contributed by atoms with van der Waals surface area (Å²) in [6, 6.07) is 7.77. The van der Waals surface area contributed by atoms with Gasteiger partial charge in [0.25, 0.3) is 11.8 Å². The fraction of sp³-hybridized carbons (Fsp3) is 0.292. The fourth-order valence-corrected chi connectivity index (χ4v) is 3.65. The van der Waals surface area contributed by atoms with Gasteiger partial charge in [-0.05, 0) is 62.6 Å². The average Bonchev–Trinajstić information content (AvgIpc) is 2.72. The number of nitrogens with one attached hydrogen (secondary N) is 1. The number of aryl methyl sites for hydroxylation is 2. The van der Waals surface area contributed by atoms with Crippen molar-refractivity contribution in [3.63, 3.8) is 0 Å². The number of amides is 4. The molecule has 0 bridgehead atoms. The molecule has 1 saturated heterocycles. The predicted octanol–water partition coefficient (Wildman–Crippen LogP) is 4.81. The number of ether oxygens (including phenoxy) is 2. The second-order valence-corrected chi connectivity index (χ2v) is 7.77. The largest absolute Gasteiger partial charge is 0.490 e. The van der Waals surface area contributed by atoms with Crippen molar-refractivity contribution in [1.29, 1.82) is 0 Å². The molecule has 1 heterocycles. The number of benzene rings is 2. The Hall–Kier alpha value is -3.32. The molecule has 32 heavy (non-hydrogen) atoms. The highest BCUT2D eigenvalue weighted by Gasteiger charge is 2.37. The molecule has 1 N–H and O–H groups in total. The minimum Gasteiger partial charge on any atom is -0.490 e. The summed E-state index contributed by atoms with van der Waals surface area (Å²) in [6.45, 7) is 8.36. The summed E-state index contributed by atoms with van der Waals surface area (Å²) in [7, 11) is 0. The van der Waals surface area contributed by atoms with Gasteiger partial charge in [-0.2, -0.15) is 0 Å². The van der Waals surface area contributed by atoms with Crippen LogP contribution in [-0.2, 0) is 9.59 Å². The first-order valence-electron chi connectivity index (χ1n) is 10.3. The monoisotopic (exact) mass is 456 g/mol. The Morgan fingerprint density at radius 1 is 1.06 bits per heavy atom. The number of imide groups is 2. The van der Waals surface area contributed by atoms with E-state index in [1.807, 2.05) is 26.8 Å². The van der Waals surface area contributed by atoms with E-state index in [2.05, 4.69) is 5.32 Å². The van der Waals surface area contributed by atoms with Crippen LogP contribution in [0.25, 0.3) is 6.08 Å². The maximum atomic E-state index is 13.2. The third kappa shape index (κ3) is 4.78. The molecule has 2 aromatic carbocycles. The molecular weight excluding hydrogens is 432 g/mol. The summed E-state index contributed by atoms with van der Waals surface area (Å²) in [6.07, 6.45) is 2.18. The molecule has 1 aliphatic rings. The van der Waals surface area contributed by atoms with Crippen LogP contribution in [0.2, 0.25) is 5.02 Å². The number of hydrogen-bond donors (Lipinski definition) is 1. The lowest BCUT2D eigenvalue weighted by Crippen LogP contribution is -2.54. The average molecular weight is 457 g/mol. The van der Waals surface area contributed by atoms with Crippen LogP contribution in [-0.4, -0.2) is 31.1 Å². The first kappa shape index (κ1) is 23.3. The van der Waals surface area contributed by atoms with Crippen LogP contribution in [0.5, 0.6) is 11.5 Å². The van der Waals surface area contributed by atoms with E-state index in [4.69, 9.17) is 21.1 Å². The lowest BCUT2D eigenvalue weighted by molar-refractivity contribution is -0.122. The number of halogens is 1. The topological polar surface area (TPSA) is 84.9 Å². The highest BCUT2D eigenvalue weighted by Crippen LogP contribution is 2.37. The number of nitrogens with zero attached hydrogens (tertiary/aromatic N) is 1. The Bertz CT molecular complexity index is 1110. The fourth-order valence-electron chi connectivity index (χ4n) is 3.38. The van der Waals surface area contributed by atoms with Gasteiger partial charge in [-0.15, -0.1) is 0 Å². The molecule has 1 aliphatic heterocycles. The van der Waals surface area contributed by atoms with Gasteiger partial charge in [0.2, 0.25) is 0 Å². The van der Waals surface area contributed by atoms with E-state index < -0.39 is 17.8 Å². The molecule has 0 unspecified atom stereocenters. The molecule has 1 fully saturated rings. The SMILES string of the molecule is CCCOc1c(Cl)cc(/C=C2\C(=O)NC(=O)N(c3ccc(C)cc3C)C2=O)cc1OCC. The van der Waals surface area contributed by atoms with Crippen molar-refractivity contribution in [2.24, 2.45) is 0 Å².